The number of aryl methyl sites for hydroxylation is 2. The largest absolute Gasteiger partial charge is 0.311 e. The summed E-state index contributed by atoms with van der Waals surface area (Å²) >= 11 is 0. The van der Waals surface area contributed by atoms with E-state index in [2.05, 4.69) is 206 Å². The highest BCUT2D eigenvalue weighted by atomic mass is 15.1. The van der Waals surface area contributed by atoms with Gasteiger partial charge in [-0.3, -0.25) is 0 Å². The second kappa shape index (κ2) is 13.0. The summed E-state index contributed by atoms with van der Waals surface area (Å²) in [4.78, 5) is 4.64. The lowest BCUT2D eigenvalue weighted by Crippen LogP contribution is -2.10. The lowest BCUT2D eigenvalue weighted by Gasteiger charge is -2.26. The average molecular weight is 593 g/mol. The quantitative estimate of drug-likeness (QED) is 0.173. The molecule has 0 fully saturated rings. The Bertz CT molecular complexity index is 1980. The summed E-state index contributed by atoms with van der Waals surface area (Å²) in [6.45, 7) is 4.28. The third-order valence-electron chi connectivity index (χ3n) is 8.35. The lowest BCUT2D eigenvalue weighted by molar-refractivity contribution is 1.26. The van der Waals surface area contributed by atoms with E-state index in [-0.39, 0.29) is 0 Å². The van der Waals surface area contributed by atoms with Crippen LogP contribution in [0.3, 0.4) is 0 Å². The van der Waals surface area contributed by atoms with Crippen molar-refractivity contribution in [3.63, 3.8) is 0 Å². The zero-order chi connectivity index (χ0) is 31.3. The molecule has 0 amide bonds. The van der Waals surface area contributed by atoms with Crippen molar-refractivity contribution in [2.75, 3.05) is 9.80 Å². The van der Waals surface area contributed by atoms with Gasteiger partial charge in [0.05, 0.1) is 0 Å². The van der Waals surface area contributed by atoms with E-state index >= 15 is 0 Å². The summed E-state index contributed by atoms with van der Waals surface area (Å²) in [5.74, 6) is 0. The van der Waals surface area contributed by atoms with Crippen LogP contribution in [0.1, 0.15) is 11.1 Å². The van der Waals surface area contributed by atoms with Crippen molar-refractivity contribution in [1.29, 1.82) is 0 Å². The molecule has 0 unspecified atom stereocenters. The van der Waals surface area contributed by atoms with Gasteiger partial charge in [0, 0.05) is 34.1 Å². The van der Waals surface area contributed by atoms with Crippen LogP contribution in [0.4, 0.5) is 34.1 Å². The topological polar surface area (TPSA) is 6.48 Å². The molecule has 0 aromatic heterocycles. The van der Waals surface area contributed by atoms with Gasteiger partial charge in [-0.1, -0.05) is 109 Å². The molecule has 7 aromatic carbocycles. The molecule has 0 spiro atoms. The van der Waals surface area contributed by atoms with Crippen molar-refractivity contribution in [2.24, 2.45) is 0 Å². The van der Waals surface area contributed by atoms with Crippen LogP contribution >= 0.6 is 0 Å². The first kappa shape index (κ1) is 28.9. The standard InChI is InChI=1S/C44H36N2/c1-33-11-9-17-43(31-33)46(44-18-10-12-34(2)32-44)42-29-23-38(24-30-42)37-21-27-41(28-22-37)45(39-15-7-4-8-16-39)40-25-19-36(20-26-40)35-13-5-3-6-14-35/h3-32H,1-2H3. The van der Waals surface area contributed by atoms with Crippen LogP contribution < -0.4 is 9.80 Å². The third kappa shape index (κ3) is 6.20. The average Bonchev–Trinajstić information content (AvgIpc) is 3.11. The fourth-order valence-corrected chi connectivity index (χ4v) is 6.05. The summed E-state index contributed by atoms with van der Waals surface area (Å²) in [5, 5.41) is 0. The highest BCUT2D eigenvalue weighted by Crippen LogP contribution is 2.38. The van der Waals surface area contributed by atoms with Gasteiger partial charge in [0.15, 0.2) is 0 Å². The van der Waals surface area contributed by atoms with Crippen LogP contribution in [-0.4, -0.2) is 0 Å². The number of rotatable bonds is 8. The Morgan fingerprint density at radius 1 is 0.261 bits per heavy atom. The molecular formula is C44H36N2. The first-order chi connectivity index (χ1) is 22.6. The second-order valence-electron chi connectivity index (χ2n) is 11.7. The van der Waals surface area contributed by atoms with Crippen molar-refractivity contribution in [3.05, 3.63) is 193 Å². The van der Waals surface area contributed by atoms with Crippen LogP contribution in [-0.2, 0) is 0 Å². The lowest BCUT2D eigenvalue weighted by atomic mass is 10.0. The summed E-state index contributed by atoms with van der Waals surface area (Å²) < 4.78 is 0. The number of anilines is 6. The van der Waals surface area contributed by atoms with Gasteiger partial charge in [-0.05, 0) is 120 Å². The summed E-state index contributed by atoms with van der Waals surface area (Å²) in [7, 11) is 0. The molecule has 0 atom stereocenters. The number of hydrogen-bond donors (Lipinski definition) is 0. The fraction of sp³-hybridized carbons (Fsp3) is 0.0455. The van der Waals surface area contributed by atoms with E-state index in [0.29, 0.717) is 0 Å². The Labute approximate surface area is 272 Å². The van der Waals surface area contributed by atoms with E-state index in [4.69, 9.17) is 0 Å². The second-order valence-corrected chi connectivity index (χ2v) is 11.7. The molecule has 0 saturated carbocycles. The molecule has 7 aromatic rings. The highest BCUT2D eigenvalue weighted by molar-refractivity contribution is 5.81. The number of benzene rings is 7. The summed E-state index contributed by atoms with van der Waals surface area (Å²) in [6.07, 6.45) is 0. The molecule has 46 heavy (non-hydrogen) atoms. The predicted octanol–water partition coefficient (Wildman–Crippen LogP) is 12.6. The van der Waals surface area contributed by atoms with E-state index < -0.39 is 0 Å². The van der Waals surface area contributed by atoms with Gasteiger partial charge in [0.25, 0.3) is 0 Å². The van der Waals surface area contributed by atoms with Crippen LogP contribution in [0.15, 0.2) is 182 Å². The zero-order valence-electron chi connectivity index (χ0n) is 26.2. The minimum absolute atomic E-state index is 1.11. The molecule has 7 rings (SSSR count). The number of nitrogens with zero attached hydrogens (tertiary/aromatic N) is 2. The summed E-state index contributed by atoms with van der Waals surface area (Å²) in [6, 6.07) is 65.0. The van der Waals surface area contributed by atoms with Gasteiger partial charge < -0.3 is 9.80 Å². The predicted molar refractivity (Wildman–Crippen MR) is 196 cm³/mol. The molecule has 0 heterocycles. The van der Waals surface area contributed by atoms with Gasteiger partial charge in [-0.25, -0.2) is 0 Å². The van der Waals surface area contributed by atoms with Gasteiger partial charge in [-0.15, -0.1) is 0 Å². The molecule has 222 valence electrons. The molecule has 0 radical (unpaired) electrons. The van der Waals surface area contributed by atoms with Crippen molar-refractivity contribution < 1.29 is 0 Å². The number of para-hydroxylation sites is 1. The van der Waals surface area contributed by atoms with Crippen molar-refractivity contribution >= 4 is 34.1 Å². The first-order valence-electron chi connectivity index (χ1n) is 15.8. The van der Waals surface area contributed by atoms with Gasteiger partial charge in [-0.2, -0.15) is 0 Å². The molecule has 0 bridgehead atoms. The van der Waals surface area contributed by atoms with E-state index in [0.717, 1.165) is 34.1 Å². The van der Waals surface area contributed by atoms with E-state index in [1.165, 1.54) is 33.4 Å². The van der Waals surface area contributed by atoms with Crippen LogP contribution in [0.25, 0.3) is 22.3 Å². The Kier molecular flexibility index (Phi) is 8.17. The first-order valence-corrected chi connectivity index (χ1v) is 15.8. The Morgan fingerprint density at radius 3 is 0.957 bits per heavy atom. The van der Waals surface area contributed by atoms with E-state index in [1.54, 1.807) is 0 Å². The van der Waals surface area contributed by atoms with Gasteiger partial charge in [0.1, 0.15) is 0 Å². The van der Waals surface area contributed by atoms with Crippen LogP contribution in [0.2, 0.25) is 0 Å². The smallest absolute Gasteiger partial charge is 0.0464 e. The molecular weight excluding hydrogens is 556 g/mol. The van der Waals surface area contributed by atoms with E-state index in [9.17, 15) is 0 Å². The molecule has 0 aliphatic rings. The molecule has 2 nitrogen and oxygen atoms in total. The van der Waals surface area contributed by atoms with Crippen molar-refractivity contribution in [1.82, 2.24) is 0 Å². The fourth-order valence-electron chi connectivity index (χ4n) is 6.05. The van der Waals surface area contributed by atoms with Gasteiger partial charge >= 0.3 is 0 Å². The minimum atomic E-state index is 1.11. The maximum atomic E-state index is 2.33. The van der Waals surface area contributed by atoms with Crippen molar-refractivity contribution in [2.45, 2.75) is 13.8 Å². The van der Waals surface area contributed by atoms with Crippen molar-refractivity contribution in [3.8, 4) is 22.3 Å². The monoisotopic (exact) mass is 592 g/mol. The van der Waals surface area contributed by atoms with E-state index in [1.807, 2.05) is 0 Å². The SMILES string of the molecule is Cc1cccc(N(c2ccc(-c3ccc(N(c4ccccc4)c4ccc(-c5ccccc5)cc4)cc3)cc2)c2cccc(C)c2)c1. The molecule has 0 aliphatic heterocycles. The Morgan fingerprint density at radius 2 is 0.565 bits per heavy atom. The number of hydrogen-bond acceptors (Lipinski definition) is 2. The van der Waals surface area contributed by atoms with Gasteiger partial charge in [0.2, 0.25) is 0 Å². The minimum Gasteiger partial charge on any atom is -0.311 e. The zero-order valence-corrected chi connectivity index (χ0v) is 26.2. The maximum Gasteiger partial charge on any atom is 0.0464 e. The molecule has 0 N–H and O–H groups in total. The molecule has 0 aliphatic carbocycles. The van der Waals surface area contributed by atoms with Crippen LogP contribution in [0.5, 0.6) is 0 Å². The third-order valence-corrected chi connectivity index (χ3v) is 8.35. The highest BCUT2D eigenvalue weighted by Gasteiger charge is 2.15. The Balaban J connectivity index is 1.19. The molecule has 2 heteroatoms. The van der Waals surface area contributed by atoms with Crippen LogP contribution in [0, 0.1) is 13.8 Å². The molecule has 0 saturated heterocycles. The summed E-state index contributed by atoms with van der Waals surface area (Å²) in [5.41, 5.74) is 14.1. The normalized spacial score (nSPS) is 10.8. The Hall–Kier alpha value is -5.86. The maximum absolute atomic E-state index is 2.33.